The summed E-state index contributed by atoms with van der Waals surface area (Å²) in [4.78, 5) is 11.1. The van der Waals surface area contributed by atoms with E-state index in [-0.39, 0.29) is 34.1 Å². The summed E-state index contributed by atoms with van der Waals surface area (Å²) in [5.74, 6) is -1.88. The molecule has 0 aliphatic heterocycles. The van der Waals surface area contributed by atoms with Crippen LogP contribution in [0.5, 0.6) is 5.75 Å². The summed E-state index contributed by atoms with van der Waals surface area (Å²) in [5.41, 5.74) is -0.123. The summed E-state index contributed by atoms with van der Waals surface area (Å²) in [6.07, 6.45) is 0. The highest BCUT2D eigenvalue weighted by Gasteiger charge is 2.16. The molecule has 2 aromatic carbocycles. The maximum atomic E-state index is 13.9. The van der Waals surface area contributed by atoms with Crippen molar-refractivity contribution < 1.29 is 19.0 Å². The lowest BCUT2D eigenvalue weighted by Gasteiger charge is -2.11. The molecule has 0 bridgehead atoms. The lowest BCUT2D eigenvalue weighted by molar-refractivity contribution is 0.0692. The van der Waals surface area contributed by atoms with Crippen molar-refractivity contribution in [2.75, 3.05) is 0 Å². The van der Waals surface area contributed by atoms with E-state index in [1.807, 2.05) is 0 Å². The molecule has 0 unspecified atom stereocenters. The molecular formula is C15H9ClFNO3. The van der Waals surface area contributed by atoms with Crippen LogP contribution in [-0.4, -0.2) is 11.1 Å². The minimum Gasteiger partial charge on any atom is -0.488 e. The molecule has 2 rings (SSSR count). The molecule has 0 saturated heterocycles. The normalized spacial score (nSPS) is 9.95. The predicted molar refractivity (Wildman–Crippen MR) is 73.9 cm³/mol. The van der Waals surface area contributed by atoms with E-state index in [0.717, 1.165) is 0 Å². The summed E-state index contributed by atoms with van der Waals surface area (Å²) in [6.45, 7) is -0.206. The summed E-state index contributed by atoms with van der Waals surface area (Å²) in [7, 11) is 0. The number of hydrogen-bond donors (Lipinski definition) is 1. The molecule has 21 heavy (non-hydrogen) atoms. The fraction of sp³-hybridized carbons (Fsp3) is 0.0667. The van der Waals surface area contributed by atoms with Gasteiger partial charge in [0.2, 0.25) is 0 Å². The summed E-state index contributed by atoms with van der Waals surface area (Å²) >= 11 is 5.81. The summed E-state index contributed by atoms with van der Waals surface area (Å²) in [6, 6.07) is 10.4. The fourth-order valence-electron chi connectivity index (χ4n) is 1.77. The highest BCUT2D eigenvalue weighted by molar-refractivity contribution is 6.33. The van der Waals surface area contributed by atoms with E-state index >= 15 is 0 Å². The van der Waals surface area contributed by atoms with E-state index in [0.29, 0.717) is 0 Å². The molecule has 0 saturated carbocycles. The number of nitrogens with zero attached hydrogens (tertiary/aromatic N) is 1. The topological polar surface area (TPSA) is 70.3 Å². The number of halogens is 2. The predicted octanol–water partition coefficient (Wildman–Crippen LogP) is 3.63. The van der Waals surface area contributed by atoms with E-state index in [1.165, 1.54) is 36.4 Å². The van der Waals surface area contributed by atoms with Gasteiger partial charge in [0.05, 0.1) is 10.6 Å². The van der Waals surface area contributed by atoms with Gasteiger partial charge in [-0.15, -0.1) is 0 Å². The van der Waals surface area contributed by atoms with Gasteiger partial charge in [-0.1, -0.05) is 29.8 Å². The van der Waals surface area contributed by atoms with Crippen LogP contribution in [0.4, 0.5) is 4.39 Å². The molecule has 4 nitrogen and oxygen atoms in total. The quantitative estimate of drug-likeness (QED) is 0.936. The molecule has 0 amide bonds. The fourth-order valence-corrected chi connectivity index (χ4v) is 2.01. The first kappa shape index (κ1) is 14.8. The molecule has 1 N–H and O–H groups in total. The molecule has 2 aromatic rings. The van der Waals surface area contributed by atoms with Crippen LogP contribution in [0.15, 0.2) is 36.4 Å². The van der Waals surface area contributed by atoms with Crippen molar-refractivity contribution in [1.29, 1.82) is 5.26 Å². The molecule has 0 aliphatic carbocycles. The van der Waals surface area contributed by atoms with E-state index in [4.69, 9.17) is 26.7 Å². The highest BCUT2D eigenvalue weighted by atomic mass is 35.5. The third kappa shape index (κ3) is 3.12. The molecule has 0 aliphatic rings. The van der Waals surface area contributed by atoms with Crippen molar-refractivity contribution in [2.24, 2.45) is 0 Å². The number of hydrogen-bond acceptors (Lipinski definition) is 3. The van der Waals surface area contributed by atoms with Gasteiger partial charge in [0.15, 0.2) is 0 Å². The minimum absolute atomic E-state index is 0.0336. The Hall–Kier alpha value is -2.58. The van der Waals surface area contributed by atoms with Gasteiger partial charge in [0, 0.05) is 5.56 Å². The number of rotatable bonds is 4. The first-order valence-corrected chi connectivity index (χ1v) is 6.24. The zero-order chi connectivity index (χ0) is 15.4. The molecule has 106 valence electrons. The maximum Gasteiger partial charge on any atom is 0.341 e. The Balaban J connectivity index is 2.28. The van der Waals surface area contributed by atoms with Gasteiger partial charge < -0.3 is 9.84 Å². The maximum absolute atomic E-state index is 13.9. The first-order chi connectivity index (χ1) is 10.0. The van der Waals surface area contributed by atoms with Crippen LogP contribution >= 0.6 is 11.6 Å². The smallest absolute Gasteiger partial charge is 0.341 e. The van der Waals surface area contributed by atoms with Crippen LogP contribution < -0.4 is 4.74 Å². The Labute approximate surface area is 125 Å². The summed E-state index contributed by atoms with van der Waals surface area (Å²) in [5, 5.41) is 17.9. The second kappa shape index (κ2) is 6.25. The van der Waals surface area contributed by atoms with Gasteiger partial charge in [0.25, 0.3) is 0 Å². The Morgan fingerprint density at radius 1 is 1.33 bits per heavy atom. The second-order valence-electron chi connectivity index (χ2n) is 4.10. The van der Waals surface area contributed by atoms with Crippen LogP contribution in [0.25, 0.3) is 0 Å². The largest absolute Gasteiger partial charge is 0.488 e. The molecule has 0 radical (unpaired) electrons. The van der Waals surface area contributed by atoms with Gasteiger partial charge in [-0.2, -0.15) is 5.26 Å². The van der Waals surface area contributed by atoms with Crippen LogP contribution in [0.2, 0.25) is 5.02 Å². The monoisotopic (exact) mass is 305 g/mol. The lowest BCUT2D eigenvalue weighted by Crippen LogP contribution is -2.05. The molecule has 0 aromatic heterocycles. The number of carboxylic acids is 1. The molecule has 6 heteroatoms. The van der Waals surface area contributed by atoms with E-state index < -0.39 is 11.8 Å². The Kier molecular flexibility index (Phi) is 4.41. The molecule has 0 heterocycles. The zero-order valence-corrected chi connectivity index (χ0v) is 11.4. The van der Waals surface area contributed by atoms with Gasteiger partial charge >= 0.3 is 5.97 Å². The SMILES string of the molecule is N#Cc1cccc(COc2cccc(Cl)c2C(=O)O)c1F. The van der Waals surface area contributed by atoms with Gasteiger partial charge in [0.1, 0.15) is 29.8 Å². The van der Waals surface area contributed by atoms with Crippen LogP contribution in [-0.2, 0) is 6.61 Å². The van der Waals surface area contributed by atoms with Crippen molar-refractivity contribution in [3.8, 4) is 11.8 Å². The first-order valence-electron chi connectivity index (χ1n) is 5.86. The third-order valence-corrected chi connectivity index (χ3v) is 3.09. The van der Waals surface area contributed by atoms with Crippen LogP contribution in [0.1, 0.15) is 21.5 Å². The van der Waals surface area contributed by atoms with Crippen molar-refractivity contribution in [1.82, 2.24) is 0 Å². The number of benzene rings is 2. The van der Waals surface area contributed by atoms with E-state index in [2.05, 4.69) is 0 Å². The zero-order valence-electron chi connectivity index (χ0n) is 10.6. The molecule has 0 atom stereocenters. The number of carboxylic acid groups (broad SMARTS) is 1. The van der Waals surface area contributed by atoms with Crippen molar-refractivity contribution >= 4 is 17.6 Å². The van der Waals surface area contributed by atoms with Gasteiger partial charge in [-0.3, -0.25) is 0 Å². The molecule has 0 spiro atoms. The standard InChI is InChI=1S/C15H9ClFNO3/c16-11-5-2-6-12(13(11)15(19)20)21-8-10-4-1-3-9(7-18)14(10)17/h1-6H,8H2,(H,19,20). The van der Waals surface area contributed by atoms with Crippen molar-refractivity contribution in [3.63, 3.8) is 0 Å². The van der Waals surface area contributed by atoms with Crippen LogP contribution in [0, 0.1) is 17.1 Å². The van der Waals surface area contributed by atoms with E-state index in [9.17, 15) is 9.18 Å². The second-order valence-corrected chi connectivity index (χ2v) is 4.50. The highest BCUT2D eigenvalue weighted by Crippen LogP contribution is 2.27. The Bertz CT molecular complexity index is 740. The van der Waals surface area contributed by atoms with E-state index in [1.54, 1.807) is 6.07 Å². The minimum atomic E-state index is -1.23. The van der Waals surface area contributed by atoms with Crippen LogP contribution in [0.3, 0.4) is 0 Å². The Morgan fingerprint density at radius 2 is 2.05 bits per heavy atom. The molecular weight excluding hydrogens is 297 g/mol. The number of aromatic carboxylic acids is 1. The number of nitriles is 1. The number of ether oxygens (including phenoxy) is 1. The summed E-state index contributed by atoms with van der Waals surface area (Å²) < 4.78 is 19.2. The average molecular weight is 306 g/mol. The van der Waals surface area contributed by atoms with Gasteiger partial charge in [-0.25, -0.2) is 9.18 Å². The average Bonchev–Trinajstić information content (AvgIpc) is 2.45. The third-order valence-electron chi connectivity index (χ3n) is 2.77. The lowest BCUT2D eigenvalue weighted by atomic mass is 10.1. The molecule has 0 fully saturated rings. The van der Waals surface area contributed by atoms with Gasteiger partial charge in [-0.05, 0) is 18.2 Å². The Morgan fingerprint density at radius 3 is 2.71 bits per heavy atom. The van der Waals surface area contributed by atoms with Crippen molar-refractivity contribution in [3.05, 3.63) is 63.9 Å². The number of carbonyl (C=O) groups is 1. The van der Waals surface area contributed by atoms with Crippen molar-refractivity contribution in [2.45, 2.75) is 6.61 Å².